The highest BCUT2D eigenvalue weighted by molar-refractivity contribution is 5.06. The molecule has 4 nitrogen and oxygen atoms in total. The predicted octanol–water partition coefficient (Wildman–Crippen LogP) is 14.6. The van der Waals surface area contributed by atoms with Crippen LogP contribution in [0.4, 0.5) is 0 Å². The topological polar surface area (TPSA) is 40.6 Å². The Kier molecular flexibility index (Phi) is 29.3. The Morgan fingerprint density at radius 2 is 1.33 bits per heavy atom. The van der Waals surface area contributed by atoms with Crippen LogP contribution in [0.1, 0.15) is 200 Å². The average molecular weight is 708 g/mol. The molecule has 0 aromatic carbocycles. The molecular formula is C47H81NO3. The summed E-state index contributed by atoms with van der Waals surface area (Å²) in [6.07, 6.45) is 52.2. The highest BCUT2D eigenvalue weighted by atomic mass is 16.7. The second kappa shape index (κ2) is 32.9. The summed E-state index contributed by atoms with van der Waals surface area (Å²) >= 11 is 0. The van der Waals surface area contributed by atoms with Gasteiger partial charge in [-0.1, -0.05) is 153 Å². The molecule has 0 saturated carbocycles. The monoisotopic (exact) mass is 708 g/mol. The molecule has 1 aromatic heterocycles. The van der Waals surface area contributed by atoms with E-state index in [4.69, 9.17) is 14.2 Å². The largest absolute Gasteiger partial charge is 0.377 e. The first-order chi connectivity index (χ1) is 25.2. The molecule has 1 aromatic rings. The molecule has 0 radical (unpaired) electrons. The van der Waals surface area contributed by atoms with E-state index in [9.17, 15) is 0 Å². The van der Waals surface area contributed by atoms with E-state index in [0.717, 1.165) is 37.2 Å². The van der Waals surface area contributed by atoms with Crippen molar-refractivity contribution in [1.82, 2.24) is 4.98 Å². The van der Waals surface area contributed by atoms with E-state index in [-0.39, 0.29) is 11.9 Å². The zero-order chi connectivity index (χ0) is 36.3. The maximum Gasteiger partial charge on any atom is 0.168 e. The van der Waals surface area contributed by atoms with Gasteiger partial charge in [-0.3, -0.25) is 4.98 Å². The lowest BCUT2D eigenvalue weighted by molar-refractivity contribution is -0.180. The molecule has 3 atom stereocenters. The van der Waals surface area contributed by atoms with Gasteiger partial charge in [-0.05, 0) is 88.2 Å². The minimum Gasteiger partial charge on any atom is -0.377 e. The number of unbranched alkanes of at least 4 members (excludes halogenated alkanes) is 17. The molecule has 1 aliphatic rings. The van der Waals surface area contributed by atoms with Gasteiger partial charge in [-0.15, -0.1) is 0 Å². The van der Waals surface area contributed by atoms with Gasteiger partial charge in [0, 0.05) is 31.8 Å². The summed E-state index contributed by atoms with van der Waals surface area (Å²) < 4.78 is 19.2. The van der Waals surface area contributed by atoms with Crippen LogP contribution in [0.2, 0.25) is 0 Å². The van der Waals surface area contributed by atoms with Crippen molar-refractivity contribution < 1.29 is 14.2 Å². The second-order valence-electron chi connectivity index (χ2n) is 15.5. The van der Waals surface area contributed by atoms with Crippen LogP contribution in [0.15, 0.2) is 61.0 Å². The lowest BCUT2D eigenvalue weighted by atomic mass is 9.97. The van der Waals surface area contributed by atoms with E-state index in [1.54, 1.807) is 6.20 Å². The SMILES string of the molecule is CCCCC/C=C\C/C=C\CCCCCCCCC1(CCCCCCCCC(C)C/C=C\CCCCC)OCC(CCOCc2cccnc2)O1. The van der Waals surface area contributed by atoms with Crippen LogP contribution in [0.3, 0.4) is 0 Å². The lowest BCUT2D eigenvalue weighted by Crippen LogP contribution is -2.31. The fraction of sp³-hybridized carbons (Fsp3) is 0.766. The van der Waals surface area contributed by atoms with Crippen molar-refractivity contribution in [3.05, 3.63) is 66.5 Å². The number of hydrogen-bond donors (Lipinski definition) is 0. The van der Waals surface area contributed by atoms with Crippen molar-refractivity contribution in [2.75, 3.05) is 13.2 Å². The number of aromatic nitrogens is 1. The first-order valence-electron chi connectivity index (χ1n) is 21.9. The molecule has 1 aliphatic heterocycles. The average Bonchev–Trinajstić information content (AvgIpc) is 3.55. The Bertz CT molecular complexity index is 975. The molecule has 2 heterocycles. The van der Waals surface area contributed by atoms with Gasteiger partial charge < -0.3 is 14.2 Å². The Morgan fingerprint density at radius 1 is 0.745 bits per heavy atom. The minimum absolute atomic E-state index is 0.136. The van der Waals surface area contributed by atoms with E-state index < -0.39 is 0 Å². The third kappa shape index (κ3) is 25.8. The van der Waals surface area contributed by atoms with Crippen LogP contribution in [0.25, 0.3) is 0 Å². The smallest absolute Gasteiger partial charge is 0.168 e. The number of allylic oxidation sites excluding steroid dienone is 6. The highest BCUT2D eigenvalue weighted by Crippen LogP contribution is 2.35. The van der Waals surface area contributed by atoms with Crippen LogP contribution < -0.4 is 0 Å². The van der Waals surface area contributed by atoms with Gasteiger partial charge >= 0.3 is 0 Å². The third-order valence-electron chi connectivity index (χ3n) is 10.4. The molecule has 51 heavy (non-hydrogen) atoms. The molecule has 1 fully saturated rings. The van der Waals surface area contributed by atoms with Gasteiger partial charge in [0.05, 0.1) is 19.3 Å². The fourth-order valence-corrected chi connectivity index (χ4v) is 7.09. The summed E-state index contributed by atoms with van der Waals surface area (Å²) in [5, 5.41) is 0. The number of nitrogens with zero attached hydrogens (tertiary/aromatic N) is 1. The van der Waals surface area contributed by atoms with Gasteiger partial charge in [0.1, 0.15) is 0 Å². The third-order valence-corrected chi connectivity index (χ3v) is 10.4. The molecule has 0 spiro atoms. The van der Waals surface area contributed by atoms with Crippen molar-refractivity contribution in [3.63, 3.8) is 0 Å². The van der Waals surface area contributed by atoms with Crippen LogP contribution in [-0.2, 0) is 20.8 Å². The molecule has 3 unspecified atom stereocenters. The Labute approximate surface area is 316 Å². The standard InChI is InChI=1S/C47H81NO3/c1-4-6-8-10-12-13-14-15-16-17-18-19-20-22-26-30-37-47(50-43-46(51-47)36-40-49-42-45-35-32-39-48-41-45)38-31-27-23-21-25-29-34-44(3)33-28-24-11-9-7-5-2/h12-13,15-16,24,28,32,35,39,41,44,46H,4-11,14,17-23,25-27,29-31,33-34,36-38,40,42-43H2,1-3H3/b13-12-,16-15-,28-24-. The van der Waals surface area contributed by atoms with Gasteiger partial charge in [-0.2, -0.15) is 0 Å². The Morgan fingerprint density at radius 3 is 1.96 bits per heavy atom. The van der Waals surface area contributed by atoms with Gasteiger partial charge in [0.15, 0.2) is 5.79 Å². The van der Waals surface area contributed by atoms with Crippen molar-refractivity contribution in [3.8, 4) is 0 Å². The number of rotatable bonds is 35. The van der Waals surface area contributed by atoms with Crippen molar-refractivity contribution in [2.45, 2.75) is 213 Å². The van der Waals surface area contributed by atoms with Crippen molar-refractivity contribution in [1.29, 1.82) is 0 Å². The lowest BCUT2D eigenvalue weighted by Gasteiger charge is -2.28. The molecule has 0 bridgehead atoms. The highest BCUT2D eigenvalue weighted by Gasteiger charge is 2.40. The number of hydrogen-bond acceptors (Lipinski definition) is 4. The molecule has 1 saturated heterocycles. The molecule has 0 amide bonds. The predicted molar refractivity (Wildman–Crippen MR) is 220 cm³/mol. The summed E-state index contributed by atoms with van der Waals surface area (Å²) in [7, 11) is 0. The molecular weight excluding hydrogens is 627 g/mol. The Balaban J connectivity index is 1.60. The minimum atomic E-state index is -0.386. The summed E-state index contributed by atoms with van der Waals surface area (Å²) in [6, 6.07) is 4.03. The van der Waals surface area contributed by atoms with Gasteiger partial charge in [0.25, 0.3) is 0 Å². The summed E-state index contributed by atoms with van der Waals surface area (Å²) in [6.45, 7) is 8.97. The summed E-state index contributed by atoms with van der Waals surface area (Å²) in [4.78, 5) is 4.19. The first-order valence-corrected chi connectivity index (χ1v) is 21.9. The van der Waals surface area contributed by atoms with Gasteiger partial charge in [-0.25, -0.2) is 0 Å². The summed E-state index contributed by atoms with van der Waals surface area (Å²) in [5.41, 5.74) is 1.12. The quantitative estimate of drug-likeness (QED) is 0.0520. The molecule has 0 aliphatic carbocycles. The van der Waals surface area contributed by atoms with Crippen LogP contribution in [-0.4, -0.2) is 30.1 Å². The Hall–Kier alpha value is -1.75. The molecule has 0 N–H and O–H groups in total. The van der Waals surface area contributed by atoms with E-state index in [1.807, 2.05) is 12.3 Å². The molecule has 2 rings (SSSR count). The fourth-order valence-electron chi connectivity index (χ4n) is 7.09. The van der Waals surface area contributed by atoms with E-state index >= 15 is 0 Å². The zero-order valence-electron chi connectivity index (χ0n) is 33.8. The second-order valence-corrected chi connectivity index (χ2v) is 15.5. The molecule has 292 valence electrons. The van der Waals surface area contributed by atoms with Crippen LogP contribution in [0.5, 0.6) is 0 Å². The maximum atomic E-state index is 6.72. The van der Waals surface area contributed by atoms with E-state index in [2.05, 4.69) is 68.3 Å². The van der Waals surface area contributed by atoms with E-state index in [1.165, 1.54) is 148 Å². The van der Waals surface area contributed by atoms with Gasteiger partial charge in [0.2, 0.25) is 0 Å². The first kappa shape index (κ1) is 45.4. The van der Waals surface area contributed by atoms with Crippen LogP contribution in [0, 0.1) is 5.92 Å². The number of pyridine rings is 1. The zero-order valence-corrected chi connectivity index (χ0v) is 33.8. The van der Waals surface area contributed by atoms with Crippen molar-refractivity contribution >= 4 is 0 Å². The summed E-state index contributed by atoms with van der Waals surface area (Å²) in [5.74, 6) is 0.431. The van der Waals surface area contributed by atoms with Crippen LogP contribution >= 0.6 is 0 Å². The molecule has 4 heteroatoms. The normalized spacial score (nSPS) is 18.6. The van der Waals surface area contributed by atoms with E-state index in [0.29, 0.717) is 19.8 Å². The number of ether oxygens (including phenoxy) is 3. The van der Waals surface area contributed by atoms with Crippen molar-refractivity contribution in [2.24, 2.45) is 5.92 Å². The maximum absolute atomic E-state index is 6.72.